The predicted molar refractivity (Wildman–Crippen MR) is 80.2 cm³/mol. The van der Waals surface area contributed by atoms with Crippen LogP contribution >= 0.6 is 15.9 Å². The maximum atomic E-state index is 11.9. The van der Waals surface area contributed by atoms with Crippen LogP contribution in [-0.4, -0.2) is 41.8 Å². The lowest BCUT2D eigenvalue weighted by Crippen LogP contribution is -2.45. The Morgan fingerprint density at radius 2 is 2.16 bits per heavy atom. The van der Waals surface area contributed by atoms with Crippen LogP contribution in [0.4, 0.5) is 4.79 Å². The molecule has 1 atom stereocenters. The van der Waals surface area contributed by atoms with Gasteiger partial charge >= 0.3 is 6.03 Å². The van der Waals surface area contributed by atoms with Crippen LogP contribution in [0.2, 0.25) is 0 Å². The molecule has 0 aliphatic rings. The van der Waals surface area contributed by atoms with E-state index < -0.39 is 0 Å². The van der Waals surface area contributed by atoms with Crippen molar-refractivity contribution in [3.05, 3.63) is 34.3 Å². The lowest BCUT2D eigenvalue weighted by atomic mass is 10.1. The maximum Gasteiger partial charge on any atom is 0.317 e. The summed E-state index contributed by atoms with van der Waals surface area (Å²) in [7, 11) is 0. The number of hydrogen-bond donors (Lipinski definition) is 2. The summed E-state index contributed by atoms with van der Waals surface area (Å²) in [6.07, 6.45) is 0.768. The standard InChI is InChI=1S/C14H21BrN2O2/c1-3-17(8-9-18)14(19)16-11(2)10-12-6-4-5-7-13(12)15/h4-7,11,18H,3,8-10H2,1-2H3,(H,16,19)/t11-/m1/s1. The largest absolute Gasteiger partial charge is 0.395 e. The molecule has 0 unspecified atom stereocenters. The Bertz CT molecular complexity index is 412. The van der Waals surface area contributed by atoms with Crippen molar-refractivity contribution >= 4 is 22.0 Å². The van der Waals surface area contributed by atoms with Crippen molar-refractivity contribution in [3.63, 3.8) is 0 Å². The number of rotatable bonds is 6. The summed E-state index contributed by atoms with van der Waals surface area (Å²) >= 11 is 3.50. The Kier molecular flexibility index (Phi) is 6.87. The molecule has 0 spiro atoms. The third kappa shape index (κ3) is 5.20. The molecule has 0 saturated heterocycles. The molecule has 0 aliphatic heterocycles. The van der Waals surface area contributed by atoms with Gasteiger partial charge in [-0.3, -0.25) is 0 Å². The minimum absolute atomic E-state index is 0.0140. The van der Waals surface area contributed by atoms with Gasteiger partial charge in [0.2, 0.25) is 0 Å². The molecule has 0 aliphatic carbocycles. The highest BCUT2D eigenvalue weighted by atomic mass is 79.9. The summed E-state index contributed by atoms with van der Waals surface area (Å²) in [5.41, 5.74) is 1.17. The van der Waals surface area contributed by atoms with Crippen LogP contribution in [0.1, 0.15) is 19.4 Å². The van der Waals surface area contributed by atoms with Crippen LogP contribution in [0.15, 0.2) is 28.7 Å². The van der Waals surface area contributed by atoms with E-state index in [-0.39, 0.29) is 18.7 Å². The summed E-state index contributed by atoms with van der Waals surface area (Å²) < 4.78 is 1.05. The topological polar surface area (TPSA) is 52.6 Å². The molecule has 2 amide bonds. The molecule has 106 valence electrons. The molecule has 4 nitrogen and oxygen atoms in total. The van der Waals surface area contributed by atoms with E-state index in [9.17, 15) is 4.79 Å². The van der Waals surface area contributed by atoms with E-state index in [4.69, 9.17) is 5.11 Å². The van der Waals surface area contributed by atoms with Crippen LogP contribution < -0.4 is 5.32 Å². The minimum atomic E-state index is -0.129. The fourth-order valence-corrected chi connectivity index (χ4v) is 2.32. The van der Waals surface area contributed by atoms with Gasteiger partial charge in [-0.2, -0.15) is 0 Å². The number of amides is 2. The Labute approximate surface area is 122 Å². The monoisotopic (exact) mass is 328 g/mol. The summed E-state index contributed by atoms with van der Waals surface area (Å²) in [5.74, 6) is 0. The van der Waals surface area contributed by atoms with Crippen molar-refractivity contribution < 1.29 is 9.90 Å². The number of carbonyl (C=O) groups excluding carboxylic acids is 1. The molecular weight excluding hydrogens is 308 g/mol. The highest BCUT2D eigenvalue weighted by Gasteiger charge is 2.14. The van der Waals surface area contributed by atoms with Gasteiger partial charge in [-0.25, -0.2) is 4.79 Å². The molecule has 0 heterocycles. The lowest BCUT2D eigenvalue weighted by Gasteiger charge is -2.23. The van der Waals surface area contributed by atoms with E-state index in [0.717, 1.165) is 10.9 Å². The van der Waals surface area contributed by atoms with E-state index in [1.165, 1.54) is 5.56 Å². The third-order valence-electron chi connectivity index (χ3n) is 2.89. The van der Waals surface area contributed by atoms with Gasteiger partial charge < -0.3 is 15.3 Å². The van der Waals surface area contributed by atoms with Crippen molar-refractivity contribution in [2.45, 2.75) is 26.3 Å². The first-order chi connectivity index (χ1) is 9.08. The van der Waals surface area contributed by atoms with Crippen molar-refractivity contribution in [3.8, 4) is 0 Å². The number of aliphatic hydroxyl groups excluding tert-OH is 1. The zero-order chi connectivity index (χ0) is 14.3. The fourth-order valence-electron chi connectivity index (χ4n) is 1.87. The molecule has 0 bridgehead atoms. The quantitative estimate of drug-likeness (QED) is 0.842. The molecule has 0 aromatic heterocycles. The second kappa shape index (κ2) is 8.17. The first-order valence-corrected chi connectivity index (χ1v) is 7.27. The van der Waals surface area contributed by atoms with E-state index >= 15 is 0 Å². The van der Waals surface area contributed by atoms with Gasteiger partial charge in [0.1, 0.15) is 0 Å². The molecule has 5 heteroatoms. The van der Waals surface area contributed by atoms with E-state index in [0.29, 0.717) is 13.1 Å². The summed E-state index contributed by atoms with van der Waals surface area (Å²) in [5, 5.41) is 11.8. The van der Waals surface area contributed by atoms with Gasteiger partial charge in [0.15, 0.2) is 0 Å². The van der Waals surface area contributed by atoms with Gasteiger partial charge in [0.05, 0.1) is 6.61 Å². The zero-order valence-electron chi connectivity index (χ0n) is 11.4. The minimum Gasteiger partial charge on any atom is -0.395 e. The van der Waals surface area contributed by atoms with Gasteiger partial charge in [-0.15, -0.1) is 0 Å². The Hall–Kier alpha value is -1.07. The number of halogens is 1. The smallest absolute Gasteiger partial charge is 0.317 e. The molecule has 0 saturated carbocycles. The number of aliphatic hydroxyl groups is 1. The summed E-state index contributed by atoms with van der Waals surface area (Å²) in [6.45, 7) is 4.82. The van der Waals surface area contributed by atoms with Gasteiger partial charge in [-0.05, 0) is 31.9 Å². The van der Waals surface area contributed by atoms with Crippen molar-refractivity contribution in [1.82, 2.24) is 10.2 Å². The second-order valence-electron chi connectivity index (χ2n) is 4.45. The Balaban J connectivity index is 2.53. The molecule has 1 aromatic rings. The maximum absolute atomic E-state index is 11.9. The van der Waals surface area contributed by atoms with Crippen LogP contribution in [0.5, 0.6) is 0 Å². The SMILES string of the molecule is CCN(CCO)C(=O)N[C@H](C)Cc1ccccc1Br. The van der Waals surface area contributed by atoms with Crippen molar-refractivity contribution in [2.24, 2.45) is 0 Å². The molecule has 1 rings (SSSR count). The van der Waals surface area contributed by atoms with Gasteiger partial charge in [0.25, 0.3) is 0 Å². The zero-order valence-corrected chi connectivity index (χ0v) is 13.0. The normalized spacial score (nSPS) is 12.0. The number of nitrogens with one attached hydrogen (secondary N) is 1. The summed E-state index contributed by atoms with van der Waals surface area (Å²) in [6, 6.07) is 7.90. The molecule has 0 radical (unpaired) electrons. The average molecular weight is 329 g/mol. The van der Waals surface area contributed by atoms with Crippen molar-refractivity contribution in [2.75, 3.05) is 19.7 Å². The van der Waals surface area contributed by atoms with E-state index in [1.54, 1.807) is 4.90 Å². The predicted octanol–water partition coefficient (Wildman–Crippen LogP) is 2.40. The number of nitrogens with zero attached hydrogens (tertiary/aromatic N) is 1. The third-order valence-corrected chi connectivity index (χ3v) is 3.67. The molecular formula is C14H21BrN2O2. The summed E-state index contributed by atoms with van der Waals surface area (Å²) in [4.78, 5) is 13.5. The Morgan fingerprint density at radius 1 is 1.47 bits per heavy atom. The van der Waals surface area contributed by atoms with Crippen LogP contribution in [0.3, 0.4) is 0 Å². The number of hydrogen-bond acceptors (Lipinski definition) is 2. The number of urea groups is 1. The molecule has 0 fully saturated rings. The van der Waals surface area contributed by atoms with E-state index in [1.807, 2.05) is 38.1 Å². The first-order valence-electron chi connectivity index (χ1n) is 6.48. The highest BCUT2D eigenvalue weighted by Crippen LogP contribution is 2.17. The van der Waals surface area contributed by atoms with Gasteiger partial charge in [-0.1, -0.05) is 34.1 Å². The average Bonchev–Trinajstić information content (AvgIpc) is 2.38. The molecule has 1 aromatic carbocycles. The Morgan fingerprint density at radius 3 is 2.74 bits per heavy atom. The number of carbonyl (C=O) groups is 1. The van der Waals surface area contributed by atoms with Crippen molar-refractivity contribution in [1.29, 1.82) is 0 Å². The molecule has 2 N–H and O–H groups in total. The molecule has 19 heavy (non-hydrogen) atoms. The first kappa shape index (κ1) is 16.0. The lowest BCUT2D eigenvalue weighted by molar-refractivity contribution is 0.177. The number of likely N-dealkylation sites (N-methyl/N-ethyl adjacent to an activating group) is 1. The van der Waals surface area contributed by atoms with Crippen LogP contribution in [0.25, 0.3) is 0 Å². The second-order valence-corrected chi connectivity index (χ2v) is 5.30. The fraction of sp³-hybridized carbons (Fsp3) is 0.500. The van der Waals surface area contributed by atoms with Gasteiger partial charge in [0, 0.05) is 23.6 Å². The highest BCUT2D eigenvalue weighted by molar-refractivity contribution is 9.10. The number of benzene rings is 1. The van der Waals surface area contributed by atoms with Crippen LogP contribution in [0, 0.1) is 0 Å². The van der Waals surface area contributed by atoms with E-state index in [2.05, 4.69) is 21.2 Å². The van der Waals surface area contributed by atoms with Crippen LogP contribution in [-0.2, 0) is 6.42 Å².